The van der Waals surface area contributed by atoms with Crippen LogP contribution in [0.4, 0.5) is 5.69 Å². The molecule has 134 valence electrons. The van der Waals surface area contributed by atoms with E-state index in [-0.39, 0.29) is 5.91 Å². The number of carbonyl (C=O) groups is 1. The van der Waals surface area contributed by atoms with Crippen LogP contribution in [0.1, 0.15) is 19.4 Å². The summed E-state index contributed by atoms with van der Waals surface area (Å²) in [6.45, 7) is 4.93. The lowest BCUT2D eigenvalue weighted by Crippen LogP contribution is -2.30. The average Bonchev–Trinajstić information content (AvgIpc) is 2.92. The van der Waals surface area contributed by atoms with Crippen LogP contribution >= 0.6 is 12.2 Å². The highest BCUT2D eigenvalue weighted by Gasteiger charge is 2.32. The summed E-state index contributed by atoms with van der Waals surface area (Å²) in [5, 5.41) is 3.35. The highest BCUT2D eigenvalue weighted by atomic mass is 32.1. The number of hydrogen-bond donors (Lipinski definition) is 1. The minimum Gasteiger partial charge on any atom is -0.494 e. The third-order valence-corrected chi connectivity index (χ3v) is 4.07. The molecule has 1 amide bonds. The summed E-state index contributed by atoms with van der Waals surface area (Å²) in [5.74, 6) is 1.19. The van der Waals surface area contributed by atoms with E-state index in [1.165, 1.54) is 4.90 Å². The summed E-state index contributed by atoms with van der Waals surface area (Å²) in [7, 11) is 0. The zero-order valence-electron chi connectivity index (χ0n) is 14.7. The maximum Gasteiger partial charge on any atom is 0.281 e. The Kier molecular flexibility index (Phi) is 5.53. The van der Waals surface area contributed by atoms with E-state index in [1.807, 2.05) is 62.4 Å². The molecule has 0 saturated carbocycles. The van der Waals surface area contributed by atoms with Crippen molar-refractivity contribution in [2.45, 2.75) is 13.8 Å². The van der Waals surface area contributed by atoms with Gasteiger partial charge in [0.05, 0.1) is 18.9 Å². The monoisotopic (exact) mass is 368 g/mol. The normalized spacial score (nSPS) is 15.3. The molecule has 0 aliphatic carbocycles. The molecule has 0 aromatic heterocycles. The molecule has 26 heavy (non-hydrogen) atoms. The van der Waals surface area contributed by atoms with E-state index in [0.29, 0.717) is 29.8 Å². The first-order chi connectivity index (χ1) is 12.6. The van der Waals surface area contributed by atoms with Crippen LogP contribution < -0.4 is 19.7 Å². The molecule has 3 rings (SSSR count). The van der Waals surface area contributed by atoms with Crippen LogP contribution in [0.2, 0.25) is 0 Å². The van der Waals surface area contributed by atoms with E-state index >= 15 is 0 Å². The lowest BCUT2D eigenvalue weighted by molar-refractivity contribution is -0.113. The molecule has 0 radical (unpaired) electrons. The van der Waals surface area contributed by atoms with Crippen molar-refractivity contribution in [1.29, 1.82) is 0 Å². The molecule has 1 heterocycles. The quantitative estimate of drug-likeness (QED) is 0.622. The van der Waals surface area contributed by atoms with Crippen molar-refractivity contribution in [2.75, 3.05) is 18.1 Å². The number of anilines is 1. The average molecular weight is 368 g/mol. The third-order valence-electron chi connectivity index (χ3n) is 3.79. The fraction of sp³-hybridized carbons (Fsp3) is 0.200. The first-order valence-electron chi connectivity index (χ1n) is 8.45. The molecule has 0 unspecified atom stereocenters. The van der Waals surface area contributed by atoms with Gasteiger partial charge in [-0.2, -0.15) is 0 Å². The Bertz CT molecular complexity index is 849. The molecule has 1 aliphatic heterocycles. The van der Waals surface area contributed by atoms with Crippen LogP contribution in [0.15, 0.2) is 54.2 Å². The molecular weight excluding hydrogens is 348 g/mol. The Morgan fingerprint density at radius 3 is 2.50 bits per heavy atom. The molecule has 1 aliphatic rings. The van der Waals surface area contributed by atoms with Gasteiger partial charge in [-0.3, -0.25) is 9.69 Å². The third kappa shape index (κ3) is 3.70. The fourth-order valence-corrected chi connectivity index (χ4v) is 2.97. The van der Waals surface area contributed by atoms with Gasteiger partial charge < -0.3 is 14.8 Å². The van der Waals surface area contributed by atoms with Crippen LogP contribution in [0.25, 0.3) is 6.08 Å². The van der Waals surface area contributed by atoms with Gasteiger partial charge in [0, 0.05) is 11.6 Å². The Labute approximate surface area is 158 Å². The molecular formula is C20H20N2O3S. The number of para-hydroxylation sites is 1. The van der Waals surface area contributed by atoms with Gasteiger partial charge in [0.25, 0.3) is 5.91 Å². The van der Waals surface area contributed by atoms with Crippen molar-refractivity contribution in [2.24, 2.45) is 0 Å². The highest BCUT2D eigenvalue weighted by molar-refractivity contribution is 7.80. The number of nitrogens with zero attached hydrogens (tertiary/aromatic N) is 1. The Hall–Kier alpha value is -2.86. The van der Waals surface area contributed by atoms with Crippen LogP contribution in [-0.2, 0) is 4.79 Å². The van der Waals surface area contributed by atoms with Gasteiger partial charge in [0.2, 0.25) is 0 Å². The number of hydrogen-bond acceptors (Lipinski definition) is 4. The zero-order chi connectivity index (χ0) is 18.5. The van der Waals surface area contributed by atoms with Crippen LogP contribution in [0.3, 0.4) is 0 Å². The standard InChI is InChI=1S/C20H20N2O3S/c1-3-24-16-11-10-14(18(13-16)25-4-2)12-17-19(23)22(20(26)21-17)15-8-6-5-7-9-15/h5-13H,3-4H2,1-2H3,(H,21,26)/b17-12+. The number of ether oxygens (including phenoxy) is 2. The van der Waals surface area contributed by atoms with Gasteiger partial charge in [-0.1, -0.05) is 18.2 Å². The fourth-order valence-electron chi connectivity index (χ4n) is 2.67. The van der Waals surface area contributed by atoms with Crippen molar-refractivity contribution in [3.8, 4) is 11.5 Å². The number of carbonyl (C=O) groups excluding carboxylic acids is 1. The predicted molar refractivity (Wildman–Crippen MR) is 106 cm³/mol. The van der Waals surface area contributed by atoms with Gasteiger partial charge in [0.15, 0.2) is 5.11 Å². The maximum atomic E-state index is 12.8. The van der Waals surface area contributed by atoms with Crippen molar-refractivity contribution >= 4 is 35.0 Å². The van der Waals surface area contributed by atoms with Crippen molar-refractivity contribution in [1.82, 2.24) is 5.32 Å². The predicted octanol–water partition coefficient (Wildman–Crippen LogP) is 3.75. The molecule has 5 nitrogen and oxygen atoms in total. The van der Waals surface area contributed by atoms with Crippen LogP contribution in [0.5, 0.6) is 11.5 Å². The van der Waals surface area contributed by atoms with Gasteiger partial charge in [-0.05, 0) is 56.4 Å². The largest absolute Gasteiger partial charge is 0.494 e. The molecule has 1 fully saturated rings. The van der Waals surface area contributed by atoms with Gasteiger partial charge in [-0.25, -0.2) is 0 Å². The molecule has 2 aromatic carbocycles. The van der Waals surface area contributed by atoms with Gasteiger partial charge >= 0.3 is 0 Å². The number of nitrogens with one attached hydrogen (secondary N) is 1. The van der Waals surface area contributed by atoms with E-state index in [1.54, 1.807) is 6.08 Å². The molecule has 2 aromatic rings. The second-order valence-electron chi connectivity index (χ2n) is 5.53. The van der Waals surface area contributed by atoms with Crippen molar-refractivity contribution in [3.63, 3.8) is 0 Å². The summed E-state index contributed by atoms with van der Waals surface area (Å²) in [5.41, 5.74) is 1.92. The lowest BCUT2D eigenvalue weighted by Gasteiger charge is -2.13. The SMILES string of the molecule is CCOc1ccc(/C=C2/NC(=S)N(c3ccccc3)C2=O)c(OCC)c1. The second kappa shape index (κ2) is 8.01. The summed E-state index contributed by atoms with van der Waals surface area (Å²) in [6.07, 6.45) is 1.75. The van der Waals surface area contributed by atoms with E-state index in [0.717, 1.165) is 17.0 Å². The number of rotatable bonds is 6. The molecule has 0 spiro atoms. The maximum absolute atomic E-state index is 12.8. The smallest absolute Gasteiger partial charge is 0.281 e. The van der Waals surface area contributed by atoms with Gasteiger partial charge in [-0.15, -0.1) is 0 Å². The van der Waals surface area contributed by atoms with Crippen LogP contribution in [0, 0.1) is 0 Å². The highest BCUT2D eigenvalue weighted by Crippen LogP contribution is 2.29. The number of thiocarbonyl (C=S) groups is 1. The Balaban J connectivity index is 1.93. The minimum absolute atomic E-state index is 0.197. The number of benzene rings is 2. The van der Waals surface area contributed by atoms with E-state index in [2.05, 4.69) is 5.32 Å². The van der Waals surface area contributed by atoms with E-state index in [9.17, 15) is 4.79 Å². The van der Waals surface area contributed by atoms with E-state index < -0.39 is 0 Å². The minimum atomic E-state index is -0.197. The summed E-state index contributed by atoms with van der Waals surface area (Å²) >= 11 is 5.33. The summed E-state index contributed by atoms with van der Waals surface area (Å²) < 4.78 is 11.2. The Morgan fingerprint density at radius 1 is 1.08 bits per heavy atom. The van der Waals surface area contributed by atoms with Crippen LogP contribution in [-0.4, -0.2) is 24.2 Å². The van der Waals surface area contributed by atoms with Gasteiger partial charge in [0.1, 0.15) is 17.2 Å². The summed E-state index contributed by atoms with van der Waals surface area (Å²) in [4.78, 5) is 14.3. The molecule has 0 bridgehead atoms. The second-order valence-corrected chi connectivity index (χ2v) is 5.92. The first kappa shape index (κ1) is 17.9. The summed E-state index contributed by atoms with van der Waals surface area (Å²) in [6, 6.07) is 14.9. The molecule has 6 heteroatoms. The van der Waals surface area contributed by atoms with Crippen molar-refractivity contribution < 1.29 is 14.3 Å². The molecule has 1 N–H and O–H groups in total. The lowest BCUT2D eigenvalue weighted by atomic mass is 10.1. The van der Waals surface area contributed by atoms with Crippen molar-refractivity contribution in [3.05, 3.63) is 59.8 Å². The zero-order valence-corrected chi connectivity index (χ0v) is 15.5. The van der Waals surface area contributed by atoms with E-state index in [4.69, 9.17) is 21.7 Å². The number of amides is 1. The first-order valence-corrected chi connectivity index (χ1v) is 8.86. The topological polar surface area (TPSA) is 50.8 Å². The molecule has 0 atom stereocenters. The Morgan fingerprint density at radius 2 is 1.81 bits per heavy atom. The molecule has 1 saturated heterocycles.